The Labute approximate surface area is 137 Å². The van der Waals surface area contributed by atoms with Crippen LogP contribution in [0.4, 0.5) is 0 Å². The van der Waals surface area contributed by atoms with Crippen LogP contribution in [0.2, 0.25) is 0 Å². The highest BCUT2D eigenvalue weighted by molar-refractivity contribution is 5.79. The van der Waals surface area contributed by atoms with Crippen LogP contribution >= 0.6 is 0 Å². The first-order valence-electron chi connectivity index (χ1n) is 9.09. The molecule has 0 radical (unpaired) electrons. The SMILES string of the molecule is O=C(C1CCN(Cc2nnnn2C2CC2)CC1)N1CCCCC1. The molecule has 0 bridgehead atoms. The van der Waals surface area contributed by atoms with Crippen molar-refractivity contribution >= 4 is 5.91 Å². The maximum absolute atomic E-state index is 12.6. The maximum atomic E-state index is 12.6. The van der Waals surface area contributed by atoms with Gasteiger partial charge in [-0.1, -0.05) is 0 Å². The van der Waals surface area contributed by atoms with Crippen molar-refractivity contribution < 1.29 is 4.79 Å². The molecule has 0 aromatic carbocycles. The van der Waals surface area contributed by atoms with E-state index in [1.54, 1.807) is 0 Å². The molecule has 0 spiro atoms. The van der Waals surface area contributed by atoms with E-state index < -0.39 is 0 Å². The van der Waals surface area contributed by atoms with Crippen LogP contribution in [0.1, 0.15) is 56.8 Å². The first-order chi connectivity index (χ1) is 11.3. The third-order valence-electron chi connectivity index (χ3n) is 5.42. The Morgan fingerprint density at radius 1 is 1.00 bits per heavy atom. The highest BCUT2D eigenvalue weighted by atomic mass is 16.2. The molecule has 0 N–H and O–H groups in total. The highest BCUT2D eigenvalue weighted by Crippen LogP contribution is 2.34. The monoisotopic (exact) mass is 318 g/mol. The number of tetrazole rings is 1. The lowest BCUT2D eigenvalue weighted by Gasteiger charge is -2.35. The molecule has 3 aliphatic rings. The first kappa shape index (κ1) is 15.1. The quantitative estimate of drug-likeness (QED) is 0.835. The van der Waals surface area contributed by atoms with E-state index in [-0.39, 0.29) is 5.92 Å². The molecule has 0 atom stereocenters. The molecule has 0 unspecified atom stereocenters. The molecule has 7 nitrogen and oxygen atoms in total. The van der Waals surface area contributed by atoms with Gasteiger partial charge >= 0.3 is 0 Å². The zero-order valence-corrected chi connectivity index (χ0v) is 13.7. The van der Waals surface area contributed by atoms with Crippen molar-refractivity contribution in [1.82, 2.24) is 30.0 Å². The lowest BCUT2D eigenvalue weighted by Crippen LogP contribution is -2.44. The molecule has 3 fully saturated rings. The van der Waals surface area contributed by atoms with E-state index in [4.69, 9.17) is 0 Å². The van der Waals surface area contributed by atoms with Crippen LogP contribution in [0.3, 0.4) is 0 Å². The number of piperidine rings is 2. The van der Waals surface area contributed by atoms with Crippen molar-refractivity contribution in [2.45, 2.75) is 57.5 Å². The van der Waals surface area contributed by atoms with Crippen molar-refractivity contribution in [2.24, 2.45) is 5.92 Å². The molecular weight excluding hydrogens is 292 g/mol. The molecule has 2 aliphatic heterocycles. The van der Waals surface area contributed by atoms with Gasteiger partial charge in [-0.15, -0.1) is 5.10 Å². The number of likely N-dealkylation sites (tertiary alicyclic amines) is 2. The summed E-state index contributed by atoms with van der Waals surface area (Å²) >= 11 is 0. The summed E-state index contributed by atoms with van der Waals surface area (Å²) in [6.07, 6.45) is 7.97. The van der Waals surface area contributed by atoms with Gasteiger partial charge in [-0.05, 0) is 68.5 Å². The molecular formula is C16H26N6O. The van der Waals surface area contributed by atoms with Gasteiger partial charge in [0.15, 0.2) is 5.82 Å². The van der Waals surface area contributed by atoms with Gasteiger partial charge in [-0.3, -0.25) is 9.69 Å². The third kappa shape index (κ3) is 3.39. The van der Waals surface area contributed by atoms with E-state index in [1.807, 2.05) is 4.68 Å². The van der Waals surface area contributed by atoms with E-state index in [2.05, 4.69) is 25.3 Å². The molecule has 1 aliphatic carbocycles. The minimum Gasteiger partial charge on any atom is -0.342 e. The fraction of sp³-hybridized carbons (Fsp3) is 0.875. The second-order valence-corrected chi connectivity index (χ2v) is 7.21. The third-order valence-corrected chi connectivity index (χ3v) is 5.42. The lowest BCUT2D eigenvalue weighted by molar-refractivity contribution is -0.138. The molecule has 1 saturated carbocycles. The summed E-state index contributed by atoms with van der Waals surface area (Å²) in [5.74, 6) is 1.60. The number of carbonyl (C=O) groups is 1. The topological polar surface area (TPSA) is 67.2 Å². The minimum absolute atomic E-state index is 0.226. The Kier molecular flexibility index (Phi) is 4.29. The summed E-state index contributed by atoms with van der Waals surface area (Å²) in [4.78, 5) is 17.1. The summed E-state index contributed by atoms with van der Waals surface area (Å²) in [7, 11) is 0. The van der Waals surface area contributed by atoms with Crippen LogP contribution in [0.5, 0.6) is 0 Å². The second-order valence-electron chi connectivity index (χ2n) is 7.21. The van der Waals surface area contributed by atoms with Gasteiger partial charge in [0, 0.05) is 19.0 Å². The summed E-state index contributed by atoms with van der Waals surface area (Å²) in [6.45, 7) is 4.70. The predicted molar refractivity (Wildman–Crippen MR) is 84.5 cm³/mol. The molecule has 1 aromatic heterocycles. The standard InChI is InChI=1S/C16H26N6O/c23-16(21-8-2-1-3-9-21)13-6-10-20(11-7-13)12-15-17-18-19-22(15)14-4-5-14/h13-14H,1-12H2. The average molecular weight is 318 g/mol. The zero-order chi connectivity index (χ0) is 15.6. The Morgan fingerprint density at radius 2 is 1.74 bits per heavy atom. The Hall–Kier alpha value is -1.50. The van der Waals surface area contributed by atoms with Crippen molar-refractivity contribution in [2.75, 3.05) is 26.2 Å². The van der Waals surface area contributed by atoms with Gasteiger partial charge in [0.2, 0.25) is 5.91 Å². The number of amides is 1. The molecule has 1 amide bonds. The van der Waals surface area contributed by atoms with E-state index in [9.17, 15) is 4.79 Å². The van der Waals surface area contributed by atoms with Crippen LogP contribution in [-0.4, -0.2) is 62.1 Å². The average Bonchev–Trinajstić information content (AvgIpc) is 3.35. The lowest BCUT2D eigenvalue weighted by atomic mass is 9.94. The van der Waals surface area contributed by atoms with Crippen molar-refractivity contribution in [1.29, 1.82) is 0 Å². The van der Waals surface area contributed by atoms with Gasteiger partial charge in [-0.2, -0.15) is 0 Å². The van der Waals surface area contributed by atoms with Crippen LogP contribution in [0, 0.1) is 5.92 Å². The number of aromatic nitrogens is 4. The number of carbonyl (C=O) groups excluding carboxylic acids is 1. The van der Waals surface area contributed by atoms with E-state index >= 15 is 0 Å². The van der Waals surface area contributed by atoms with Crippen molar-refractivity contribution in [3.63, 3.8) is 0 Å². The van der Waals surface area contributed by atoms with Crippen molar-refractivity contribution in [3.8, 4) is 0 Å². The molecule has 126 valence electrons. The van der Waals surface area contributed by atoms with Crippen LogP contribution < -0.4 is 0 Å². The van der Waals surface area contributed by atoms with E-state index in [0.717, 1.165) is 51.4 Å². The normalized spacial score (nSPS) is 24.1. The Balaban J connectivity index is 1.28. The first-order valence-corrected chi connectivity index (χ1v) is 9.09. The molecule has 1 aromatic rings. The summed E-state index contributed by atoms with van der Waals surface area (Å²) < 4.78 is 1.99. The summed E-state index contributed by atoms with van der Waals surface area (Å²) in [5.41, 5.74) is 0. The van der Waals surface area contributed by atoms with E-state index in [0.29, 0.717) is 11.9 Å². The van der Waals surface area contributed by atoms with E-state index in [1.165, 1.54) is 32.1 Å². The molecule has 2 saturated heterocycles. The Bertz CT molecular complexity index is 541. The predicted octanol–water partition coefficient (Wildman–Crippen LogP) is 1.23. The molecule has 3 heterocycles. The van der Waals surface area contributed by atoms with Crippen LogP contribution in [0.25, 0.3) is 0 Å². The van der Waals surface area contributed by atoms with Gasteiger partial charge in [0.25, 0.3) is 0 Å². The van der Waals surface area contributed by atoms with Gasteiger partial charge in [-0.25, -0.2) is 4.68 Å². The van der Waals surface area contributed by atoms with Gasteiger partial charge < -0.3 is 4.90 Å². The van der Waals surface area contributed by atoms with Crippen LogP contribution in [-0.2, 0) is 11.3 Å². The van der Waals surface area contributed by atoms with Gasteiger partial charge in [0.05, 0.1) is 12.6 Å². The maximum Gasteiger partial charge on any atom is 0.225 e. The molecule has 23 heavy (non-hydrogen) atoms. The largest absolute Gasteiger partial charge is 0.342 e. The smallest absolute Gasteiger partial charge is 0.225 e. The zero-order valence-electron chi connectivity index (χ0n) is 13.7. The number of nitrogens with zero attached hydrogens (tertiary/aromatic N) is 6. The summed E-state index contributed by atoms with van der Waals surface area (Å²) in [5, 5.41) is 12.1. The van der Waals surface area contributed by atoms with Gasteiger partial charge in [0.1, 0.15) is 0 Å². The number of rotatable bonds is 4. The number of hydrogen-bond acceptors (Lipinski definition) is 5. The number of hydrogen-bond donors (Lipinski definition) is 0. The Morgan fingerprint density at radius 3 is 2.43 bits per heavy atom. The fourth-order valence-corrected chi connectivity index (χ4v) is 3.83. The van der Waals surface area contributed by atoms with Crippen LogP contribution in [0.15, 0.2) is 0 Å². The second kappa shape index (κ2) is 6.55. The molecule has 4 rings (SSSR count). The van der Waals surface area contributed by atoms with Crippen molar-refractivity contribution in [3.05, 3.63) is 5.82 Å². The highest BCUT2D eigenvalue weighted by Gasteiger charge is 2.31. The summed E-state index contributed by atoms with van der Waals surface area (Å²) in [6, 6.07) is 0.526. The minimum atomic E-state index is 0.226. The molecule has 7 heteroatoms. The fourth-order valence-electron chi connectivity index (χ4n) is 3.83.